The number of nitrogens with zero attached hydrogens (tertiary/aromatic N) is 3. The summed E-state index contributed by atoms with van der Waals surface area (Å²) in [6.07, 6.45) is -0.991. The number of H-pyrrole nitrogens is 1. The first-order valence-electron chi connectivity index (χ1n) is 7.08. The Labute approximate surface area is 139 Å². The van der Waals surface area contributed by atoms with Crippen molar-refractivity contribution in [3.05, 3.63) is 11.4 Å². The number of aliphatic imine (C=N–C) groups is 1. The second-order valence-corrected chi connectivity index (χ2v) is 7.28. The number of hydrogen-bond acceptors (Lipinski definition) is 8. The quantitative estimate of drug-likeness (QED) is 0.399. The molecule has 1 aliphatic rings. The molecule has 0 radical (unpaired) electrons. The lowest BCUT2D eigenvalue weighted by Gasteiger charge is -2.16. The van der Waals surface area contributed by atoms with E-state index in [9.17, 15) is 13.5 Å². The number of nitrogens with two attached hydrogens (primary N) is 2. The Balaban J connectivity index is 1.91. The Bertz CT molecular complexity index is 776. The monoisotopic (exact) mass is 359 g/mol. The Hall–Kier alpha value is -2.18. The van der Waals surface area contributed by atoms with Gasteiger partial charge in [0.25, 0.3) is 6.01 Å². The zero-order valence-corrected chi connectivity index (χ0v) is 14.4. The van der Waals surface area contributed by atoms with E-state index in [0.29, 0.717) is 5.69 Å². The van der Waals surface area contributed by atoms with Gasteiger partial charge in [0.2, 0.25) is 0 Å². The minimum absolute atomic E-state index is 0.0992. The molecule has 0 spiro atoms. The summed E-state index contributed by atoms with van der Waals surface area (Å²) in [5.74, 6) is -0.352. The summed E-state index contributed by atoms with van der Waals surface area (Å²) in [4.78, 5) is 11.0. The lowest BCUT2D eigenvalue weighted by atomic mass is 10.0. The van der Waals surface area contributed by atoms with E-state index >= 15 is 0 Å². The van der Waals surface area contributed by atoms with Crippen molar-refractivity contribution in [2.45, 2.75) is 32.4 Å². The molecule has 0 saturated carbocycles. The maximum atomic E-state index is 11.2. The summed E-state index contributed by atoms with van der Waals surface area (Å²) in [6.45, 7) is 5.24. The highest BCUT2D eigenvalue weighted by Gasteiger charge is 2.24. The van der Waals surface area contributed by atoms with Gasteiger partial charge < -0.3 is 26.3 Å². The maximum Gasteiger partial charge on any atom is 0.345 e. The van der Waals surface area contributed by atoms with Crippen LogP contribution in [0.15, 0.2) is 9.39 Å². The van der Waals surface area contributed by atoms with Crippen molar-refractivity contribution in [1.29, 1.82) is 0 Å². The van der Waals surface area contributed by atoms with Crippen LogP contribution in [0.5, 0.6) is 6.01 Å². The average Bonchev–Trinajstić information content (AvgIpc) is 2.93. The highest BCUT2D eigenvalue weighted by atomic mass is 32.2. The zero-order chi connectivity index (χ0) is 18.1. The van der Waals surface area contributed by atoms with Gasteiger partial charge in [-0.15, -0.1) is 4.40 Å². The molecule has 0 aromatic carbocycles. The van der Waals surface area contributed by atoms with E-state index in [1.165, 1.54) is 0 Å². The molecule has 1 aromatic rings. The average molecular weight is 359 g/mol. The summed E-state index contributed by atoms with van der Waals surface area (Å²) in [6, 6.07) is 0.232. The van der Waals surface area contributed by atoms with Crippen molar-refractivity contribution in [3.8, 4) is 6.01 Å². The molecule has 1 aliphatic heterocycles. The molecule has 2 rings (SSSR count). The van der Waals surface area contributed by atoms with Gasteiger partial charge in [0, 0.05) is 5.69 Å². The van der Waals surface area contributed by atoms with Crippen LogP contribution in [0.2, 0.25) is 0 Å². The summed E-state index contributed by atoms with van der Waals surface area (Å²) in [5.41, 5.74) is 12.2. The third-order valence-corrected chi connectivity index (χ3v) is 3.92. The fourth-order valence-corrected chi connectivity index (χ4v) is 2.84. The molecule has 134 valence electrons. The van der Waals surface area contributed by atoms with Crippen LogP contribution < -0.4 is 20.9 Å². The number of nitrogens with one attached hydrogen (secondary N) is 2. The van der Waals surface area contributed by atoms with Crippen LogP contribution in [0.1, 0.15) is 25.2 Å². The number of ether oxygens (including phenoxy) is 1. The number of hydrogen-bond donors (Lipinski definition) is 5. The smallest absolute Gasteiger partial charge is 0.345 e. The lowest BCUT2D eigenvalue weighted by Crippen LogP contribution is -2.32. The molecule has 0 bridgehead atoms. The van der Waals surface area contributed by atoms with Crippen molar-refractivity contribution in [3.63, 3.8) is 0 Å². The van der Waals surface area contributed by atoms with Crippen LogP contribution in [0.25, 0.3) is 0 Å². The molecular formula is C12H21N7O4S. The number of aromatic amines is 1. The van der Waals surface area contributed by atoms with Gasteiger partial charge in [-0.05, 0) is 20.8 Å². The van der Waals surface area contributed by atoms with Gasteiger partial charge in [-0.3, -0.25) is 4.99 Å². The Morgan fingerprint density at radius 3 is 2.62 bits per heavy atom. The van der Waals surface area contributed by atoms with Gasteiger partial charge >= 0.3 is 10.2 Å². The highest BCUT2D eigenvalue weighted by Crippen LogP contribution is 2.21. The molecule has 0 amide bonds. The van der Waals surface area contributed by atoms with Crippen LogP contribution >= 0.6 is 0 Å². The lowest BCUT2D eigenvalue weighted by molar-refractivity contribution is 0.109. The van der Waals surface area contributed by atoms with Crippen molar-refractivity contribution < 1.29 is 18.3 Å². The predicted molar refractivity (Wildman–Crippen MR) is 88.0 cm³/mol. The fourth-order valence-electron chi connectivity index (χ4n) is 2.04. The Kier molecular flexibility index (Phi) is 4.82. The minimum Gasteiger partial charge on any atom is -0.462 e. The first kappa shape index (κ1) is 18.2. The number of aliphatic hydroxyl groups excluding tert-OH is 1. The normalized spacial score (nSPS) is 19.9. The maximum absolute atomic E-state index is 11.2. The van der Waals surface area contributed by atoms with Gasteiger partial charge in [-0.2, -0.15) is 13.4 Å². The molecule has 1 unspecified atom stereocenters. The van der Waals surface area contributed by atoms with Crippen LogP contribution in [0.4, 0.5) is 0 Å². The number of aromatic nitrogens is 2. The molecule has 0 fully saturated rings. The van der Waals surface area contributed by atoms with Crippen LogP contribution in [-0.2, 0) is 15.7 Å². The molecule has 24 heavy (non-hydrogen) atoms. The van der Waals surface area contributed by atoms with E-state index in [1.54, 1.807) is 0 Å². The van der Waals surface area contributed by atoms with Crippen molar-refractivity contribution >= 4 is 21.9 Å². The van der Waals surface area contributed by atoms with E-state index in [0.717, 1.165) is 5.69 Å². The minimum atomic E-state index is -3.82. The van der Waals surface area contributed by atoms with Crippen LogP contribution in [0, 0.1) is 6.92 Å². The van der Waals surface area contributed by atoms with E-state index in [-0.39, 0.29) is 30.8 Å². The van der Waals surface area contributed by atoms with E-state index in [2.05, 4.69) is 19.4 Å². The number of aliphatic hydroxyl groups is 1. The summed E-state index contributed by atoms with van der Waals surface area (Å²) < 4.78 is 32.9. The summed E-state index contributed by atoms with van der Waals surface area (Å²) >= 11 is 0. The van der Waals surface area contributed by atoms with Gasteiger partial charge in [-0.25, -0.2) is 4.72 Å². The molecular weight excluding hydrogens is 338 g/mol. The Morgan fingerprint density at radius 1 is 1.46 bits per heavy atom. The largest absolute Gasteiger partial charge is 0.462 e. The van der Waals surface area contributed by atoms with Gasteiger partial charge in [0.15, 0.2) is 11.7 Å². The predicted octanol–water partition coefficient (Wildman–Crippen LogP) is -1.74. The highest BCUT2D eigenvalue weighted by molar-refractivity contribution is 7.89. The van der Waals surface area contributed by atoms with Crippen molar-refractivity contribution in [1.82, 2.24) is 14.7 Å². The molecule has 0 saturated heterocycles. The van der Waals surface area contributed by atoms with Crippen molar-refractivity contribution in [2.75, 3.05) is 13.2 Å². The van der Waals surface area contributed by atoms with E-state index < -0.39 is 21.9 Å². The molecule has 7 N–H and O–H groups in total. The van der Waals surface area contributed by atoms with E-state index in [1.807, 2.05) is 25.5 Å². The SMILES string of the molecule is Cc1[nH]c(OCC(O)CN=C2NS(=O)(=O)N=C2N)nc1C(C)(C)N. The zero-order valence-electron chi connectivity index (χ0n) is 13.6. The van der Waals surface area contributed by atoms with Gasteiger partial charge in [0.1, 0.15) is 12.7 Å². The molecule has 2 heterocycles. The number of imidazole rings is 1. The third kappa shape index (κ3) is 4.43. The number of rotatable bonds is 6. The topological polar surface area (TPSA) is 181 Å². The third-order valence-electron chi connectivity index (χ3n) is 3.03. The van der Waals surface area contributed by atoms with Gasteiger partial charge in [0.05, 0.1) is 17.8 Å². The second-order valence-electron chi connectivity index (χ2n) is 5.95. The molecule has 1 aromatic heterocycles. The van der Waals surface area contributed by atoms with Gasteiger partial charge in [-0.1, -0.05) is 0 Å². The molecule has 11 nitrogen and oxygen atoms in total. The first-order valence-corrected chi connectivity index (χ1v) is 8.52. The van der Waals surface area contributed by atoms with E-state index in [4.69, 9.17) is 16.2 Å². The molecule has 1 atom stereocenters. The second kappa shape index (κ2) is 6.37. The van der Waals surface area contributed by atoms with Crippen LogP contribution in [0.3, 0.4) is 0 Å². The van der Waals surface area contributed by atoms with Crippen LogP contribution in [-0.4, -0.2) is 54.4 Å². The molecule has 12 heteroatoms. The molecule has 0 aliphatic carbocycles. The standard InChI is InChI=1S/C12H21N7O4S/c1-6-8(12(2,3)14)17-11(16-6)23-5-7(20)4-15-10-9(13)18-24(21,22)19-10/h7,20H,4-5,14H2,1-3H3,(H2,13,18)(H,15,19)(H,16,17). The first-order chi connectivity index (χ1) is 11.0. The Morgan fingerprint density at radius 2 is 2.12 bits per heavy atom. The summed E-state index contributed by atoms with van der Waals surface area (Å²) in [5, 5.41) is 9.87. The fraction of sp³-hybridized carbons (Fsp3) is 0.583. The summed E-state index contributed by atoms with van der Waals surface area (Å²) in [7, 11) is -3.82. The number of amidine groups is 2. The van der Waals surface area contributed by atoms with Crippen molar-refractivity contribution in [2.24, 2.45) is 20.9 Å². The number of aryl methyl sites for hydroxylation is 1.